The fourth-order valence-corrected chi connectivity index (χ4v) is 3.17. The van der Waals surface area contributed by atoms with Crippen molar-refractivity contribution in [3.63, 3.8) is 0 Å². The van der Waals surface area contributed by atoms with E-state index in [1.165, 1.54) is 12.3 Å². The van der Waals surface area contributed by atoms with E-state index in [1.54, 1.807) is 27.7 Å². The summed E-state index contributed by atoms with van der Waals surface area (Å²) in [6.45, 7) is 11.1. The molecule has 0 aliphatic carbocycles. The summed E-state index contributed by atoms with van der Waals surface area (Å²) in [5.74, 6) is -1.62. The Hall–Kier alpha value is -1.42. The fraction of sp³-hybridized carbons (Fsp3) is 0.737. The minimum absolute atomic E-state index is 0.117. The number of hydrogen-bond acceptors (Lipinski definition) is 7. The lowest BCUT2D eigenvalue weighted by molar-refractivity contribution is -0.303. The Morgan fingerprint density at radius 3 is 2.50 bits per heavy atom. The fourth-order valence-electron chi connectivity index (χ4n) is 2.31. The number of ether oxygens (including phenoxy) is 2. The highest BCUT2D eigenvalue weighted by molar-refractivity contribution is 8.13. The molecule has 0 aromatic heterocycles. The summed E-state index contributed by atoms with van der Waals surface area (Å²) in [5.41, 5.74) is -0.497. The molecule has 0 bridgehead atoms. The van der Waals surface area contributed by atoms with Crippen LogP contribution in [0.15, 0.2) is 12.3 Å². The van der Waals surface area contributed by atoms with E-state index in [2.05, 4.69) is 10.6 Å². The minimum atomic E-state index is -0.848. The number of thioether (sulfide) groups is 1. The largest absolute Gasteiger partial charge is 0.393 e. The van der Waals surface area contributed by atoms with Gasteiger partial charge in [0.25, 0.3) is 5.91 Å². The maximum Gasteiger partial charge on any atom is 0.253 e. The van der Waals surface area contributed by atoms with Crippen LogP contribution in [0.3, 0.4) is 0 Å². The van der Waals surface area contributed by atoms with E-state index in [4.69, 9.17) is 9.47 Å². The molecule has 0 aromatic carbocycles. The van der Waals surface area contributed by atoms with E-state index >= 15 is 0 Å². The third-order valence-corrected chi connectivity index (χ3v) is 5.41. The molecule has 28 heavy (non-hydrogen) atoms. The summed E-state index contributed by atoms with van der Waals surface area (Å²) in [7, 11) is 0. The van der Waals surface area contributed by atoms with E-state index in [9.17, 15) is 19.5 Å². The molecular formula is C19H32N2O6S. The van der Waals surface area contributed by atoms with Gasteiger partial charge < -0.3 is 25.2 Å². The average Bonchev–Trinajstić information content (AvgIpc) is 2.60. The molecular weight excluding hydrogens is 384 g/mol. The van der Waals surface area contributed by atoms with Crippen molar-refractivity contribution in [2.45, 2.75) is 59.5 Å². The Morgan fingerprint density at radius 2 is 1.89 bits per heavy atom. The maximum atomic E-state index is 12.4. The molecule has 9 heteroatoms. The van der Waals surface area contributed by atoms with E-state index in [0.29, 0.717) is 18.9 Å². The Labute approximate surface area is 170 Å². The summed E-state index contributed by atoms with van der Waals surface area (Å²) in [6.07, 6.45) is 1.08. The van der Waals surface area contributed by atoms with Crippen molar-refractivity contribution in [3.05, 3.63) is 12.3 Å². The average molecular weight is 417 g/mol. The molecule has 0 saturated carbocycles. The van der Waals surface area contributed by atoms with Crippen molar-refractivity contribution in [1.82, 2.24) is 10.6 Å². The van der Waals surface area contributed by atoms with E-state index in [0.717, 1.165) is 11.8 Å². The predicted octanol–water partition coefficient (Wildman–Crippen LogP) is 1.19. The SMILES string of the molecule is CC(C(=O)SCCNC(=O)C=CNC(=O)[C@@H]1OC(C)(C)OCC1(C)C)[C@@H](C)O. The lowest BCUT2D eigenvalue weighted by atomic mass is 9.85. The number of hydrogen-bond donors (Lipinski definition) is 3. The maximum absolute atomic E-state index is 12.4. The van der Waals surface area contributed by atoms with Crippen molar-refractivity contribution in [2.24, 2.45) is 11.3 Å². The molecule has 0 spiro atoms. The Bertz CT molecular complexity index is 603. The normalized spacial score (nSPS) is 23.0. The van der Waals surface area contributed by atoms with Crippen molar-refractivity contribution >= 4 is 28.7 Å². The lowest BCUT2D eigenvalue weighted by Crippen LogP contribution is -2.55. The molecule has 2 amide bonds. The van der Waals surface area contributed by atoms with Gasteiger partial charge in [0, 0.05) is 30.0 Å². The van der Waals surface area contributed by atoms with E-state index in [1.807, 2.05) is 13.8 Å². The summed E-state index contributed by atoms with van der Waals surface area (Å²) in [5, 5.41) is 14.4. The van der Waals surface area contributed by atoms with Crippen LogP contribution >= 0.6 is 11.8 Å². The second-order valence-corrected chi connectivity index (χ2v) is 9.10. The van der Waals surface area contributed by atoms with Crippen LogP contribution in [0.2, 0.25) is 0 Å². The first-order valence-electron chi connectivity index (χ1n) is 9.27. The van der Waals surface area contributed by atoms with Crippen LogP contribution in [-0.4, -0.2) is 58.9 Å². The van der Waals surface area contributed by atoms with Crippen molar-refractivity contribution < 1.29 is 29.0 Å². The molecule has 1 rings (SSSR count). The van der Waals surface area contributed by atoms with Gasteiger partial charge >= 0.3 is 0 Å². The molecule has 8 nitrogen and oxygen atoms in total. The monoisotopic (exact) mass is 416 g/mol. The standard InChI is InChI=1S/C19H32N2O6S/c1-12(13(2)22)17(25)28-10-9-20-14(23)7-8-21-16(24)15-18(3,4)11-26-19(5,6)27-15/h7-8,12-13,15,22H,9-11H2,1-6H3,(H,20,23)(H,21,24)/t12?,13-,15+/m1/s1. The molecule has 0 radical (unpaired) electrons. The molecule has 0 aromatic rings. The van der Waals surface area contributed by atoms with Crippen molar-refractivity contribution in [2.75, 3.05) is 18.9 Å². The van der Waals surface area contributed by atoms with E-state index < -0.39 is 29.3 Å². The summed E-state index contributed by atoms with van der Waals surface area (Å²) in [4.78, 5) is 35.9. The van der Waals surface area contributed by atoms with Gasteiger partial charge in [0.1, 0.15) is 6.10 Å². The highest BCUT2D eigenvalue weighted by Gasteiger charge is 2.45. The first-order chi connectivity index (χ1) is 12.9. The minimum Gasteiger partial charge on any atom is -0.393 e. The van der Waals surface area contributed by atoms with Crippen LogP contribution in [0.25, 0.3) is 0 Å². The smallest absolute Gasteiger partial charge is 0.253 e. The highest BCUT2D eigenvalue weighted by atomic mass is 32.2. The zero-order chi connectivity index (χ0) is 21.5. The van der Waals surface area contributed by atoms with Crippen LogP contribution in [-0.2, 0) is 23.9 Å². The zero-order valence-electron chi connectivity index (χ0n) is 17.4. The first-order valence-corrected chi connectivity index (χ1v) is 10.3. The quantitative estimate of drug-likeness (QED) is 0.402. The van der Waals surface area contributed by atoms with Gasteiger partial charge in [0.05, 0.1) is 18.6 Å². The third kappa shape index (κ3) is 7.90. The molecule has 1 heterocycles. The number of carbonyl (C=O) groups is 3. The van der Waals surface area contributed by atoms with Crippen molar-refractivity contribution in [1.29, 1.82) is 0 Å². The molecule has 1 saturated heterocycles. The Balaban J connectivity index is 2.37. The summed E-state index contributed by atoms with van der Waals surface area (Å²) in [6, 6.07) is 0. The number of aliphatic hydroxyl groups excluding tert-OH is 1. The van der Waals surface area contributed by atoms with Gasteiger partial charge in [-0.15, -0.1) is 0 Å². The zero-order valence-corrected chi connectivity index (χ0v) is 18.2. The second kappa shape index (κ2) is 10.4. The summed E-state index contributed by atoms with van der Waals surface area (Å²) < 4.78 is 11.3. The van der Waals surface area contributed by atoms with Gasteiger partial charge in [0.2, 0.25) is 5.91 Å². The van der Waals surface area contributed by atoms with Gasteiger partial charge in [-0.1, -0.05) is 32.5 Å². The molecule has 1 aliphatic heterocycles. The topological polar surface area (TPSA) is 114 Å². The summed E-state index contributed by atoms with van der Waals surface area (Å²) >= 11 is 1.07. The predicted molar refractivity (Wildman–Crippen MR) is 107 cm³/mol. The molecule has 1 fully saturated rings. The highest BCUT2D eigenvalue weighted by Crippen LogP contribution is 2.34. The number of aliphatic hydroxyl groups is 1. The van der Waals surface area contributed by atoms with Gasteiger partial charge in [-0.3, -0.25) is 14.4 Å². The molecule has 3 N–H and O–H groups in total. The van der Waals surface area contributed by atoms with Crippen molar-refractivity contribution in [3.8, 4) is 0 Å². The number of rotatable bonds is 8. The van der Waals surface area contributed by atoms with Crippen LogP contribution in [0, 0.1) is 11.3 Å². The Kier molecular flexibility index (Phi) is 9.13. The third-order valence-electron chi connectivity index (χ3n) is 4.34. The second-order valence-electron chi connectivity index (χ2n) is 8.00. The van der Waals surface area contributed by atoms with Crippen LogP contribution in [0.1, 0.15) is 41.5 Å². The first kappa shape index (κ1) is 24.6. The number of nitrogens with one attached hydrogen (secondary N) is 2. The molecule has 1 unspecified atom stereocenters. The van der Waals surface area contributed by atoms with Crippen LogP contribution in [0.4, 0.5) is 0 Å². The number of carbonyl (C=O) groups excluding carboxylic acids is 3. The van der Waals surface area contributed by atoms with Gasteiger partial charge in [-0.05, 0) is 20.8 Å². The molecule has 160 valence electrons. The number of amides is 2. The van der Waals surface area contributed by atoms with Gasteiger partial charge in [-0.2, -0.15) is 0 Å². The molecule has 3 atom stereocenters. The Morgan fingerprint density at radius 1 is 1.25 bits per heavy atom. The van der Waals surface area contributed by atoms with Crippen LogP contribution < -0.4 is 10.6 Å². The lowest BCUT2D eigenvalue weighted by Gasteiger charge is -2.44. The molecule has 1 aliphatic rings. The van der Waals surface area contributed by atoms with E-state index in [-0.39, 0.29) is 16.9 Å². The van der Waals surface area contributed by atoms with Crippen LogP contribution in [0.5, 0.6) is 0 Å². The van der Waals surface area contributed by atoms with Gasteiger partial charge in [0.15, 0.2) is 10.9 Å². The van der Waals surface area contributed by atoms with Gasteiger partial charge in [-0.25, -0.2) is 0 Å².